The quantitative estimate of drug-likeness (QED) is 0.865. The Labute approximate surface area is 129 Å². The van der Waals surface area contributed by atoms with E-state index in [0.29, 0.717) is 19.3 Å². The van der Waals surface area contributed by atoms with Crippen LogP contribution < -0.4 is 5.32 Å². The van der Waals surface area contributed by atoms with Crippen molar-refractivity contribution in [1.82, 2.24) is 15.2 Å². The van der Waals surface area contributed by atoms with Crippen molar-refractivity contribution >= 4 is 23.2 Å². The van der Waals surface area contributed by atoms with Gasteiger partial charge in [0.1, 0.15) is 5.54 Å². The maximum Gasteiger partial charge on any atom is 0.247 e. The fourth-order valence-corrected chi connectivity index (χ4v) is 3.25. The summed E-state index contributed by atoms with van der Waals surface area (Å²) in [4.78, 5) is 29.6. The van der Waals surface area contributed by atoms with Crippen molar-refractivity contribution in [2.45, 2.75) is 25.3 Å². The van der Waals surface area contributed by atoms with Crippen LogP contribution in [0.5, 0.6) is 0 Å². The van der Waals surface area contributed by atoms with Gasteiger partial charge in [-0.25, -0.2) is 0 Å². The van der Waals surface area contributed by atoms with Crippen molar-refractivity contribution in [3.05, 3.63) is 41.1 Å². The predicted octanol–water partition coefficient (Wildman–Crippen LogP) is 1.21. The van der Waals surface area contributed by atoms with Crippen molar-refractivity contribution in [2.75, 3.05) is 14.1 Å². The second-order valence-electron chi connectivity index (χ2n) is 6.14. The van der Waals surface area contributed by atoms with E-state index in [-0.39, 0.29) is 5.91 Å². The molecule has 1 unspecified atom stereocenters. The number of benzene rings is 1. The Bertz CT molecular complexity index is 770. The highest BCUT2D eigenvalue weighted by Gasteiger charge is 2.45. The molecule has 5 nitrogen and oxygen atoms in total. The van der Waals surface area contributed by atoms with Crippen LogP contribution in [0.2, 0.25) is 0 Å². The lowest BCUT2D eigenvalue weighted by Gasteiger charge is -2.33. The Hall–Kier alpha value is -2.27. The van der Waals surface area contributed by atoms with Crippen LogP contribution in [0.15, 0.2) is 24.3 Å². The Morgan fingerprint density at radius 3 is 2.59 bits per heavy atom. The first-order valence-electron chi connectivity index (χ1n) is 7.27. The topological polar surface area (TPSA) is 62.3 Å². The molecule has 0 aliphatic heterocycles. The number of rotatable bonds is 3. The number of pyridine rings is 1. The molecule has 2 aromatic rings. The highest BCUT2D eigenvalue weighted by atomic mass is 16.2. The molecular weight excluding hydrogens is 278 g/mol. The Kier molecular flexibility index (Phi) is 3.45. The summed E-state index contributed by atoms with van der Waals surface area (Å²) in [7, 11) is 3.75. The molecule has 1 aliphatic rings. The first-order chi connectivity index (χ1) is 10.5. The lowest BCUT2D eigenvalue weighted by molar-refractivity contribution is -0.134. The van der Waals surface area contributed by atoms with Crippen molar-refractivity contribution in [3.8, 4) is 0 Å². The van der Waals surface area contributed by atoms with Gasteiger partial charge in [-0.15, -0.1) is 0 Å². The zero-order valence-corrected chi connectivity index (χ0v) is 13.0. The number of imide groups is 1. The van der Waals surface area contributed by atoms with E-state index in [0.717, 1.165) is 27.7 Å². The lowest BCUT2D eigenvalue weighted by atomic mass is 9.93. The molecule has 5 heteroatoms. The van der Waals surface area contributed by atoms with E-state index in [1.165, 1.54) is 0 Å². The molecular formula is C17H19N3O2. The molecule has 1 aromatic heterocycles. The average Bonchev–Trinajstić information content (AvgIpc) is 2.84. The van der Waals surface area contributed by atoms with Gasteiger partial charge in [-0.05, 0) is 50.3 Å². The van der Waals surface area contributed by atoms with Crippen molar-refractivity contribution in [2.24, 2.45) is 0 Å². The summed E-state index contributed by atoms with van der Waals surface area (Å²) in [5.74, 6) is -0.253. The Balaban J connectivity index is 2.08. The number of likely N-dealkylation sites (N-methyl/N-ethyl adjacent to an activating group) is 1. The third-order valence-electron chi connectivity index (χ3n) is 4.58. The molecule has 0 spiro atoms. The maximum atomic E-state index is 12.4. The van der Waals surface area contributed by atoms with Gasteiger partial charge in [-0.2, -0.15) is 0 Å². The maximum absolute atomic E-state index is 12.4. The molecule has 114 valence electrons. The molecule has 1 aromatic carbocycles. The van der Waals surface area contributed by atoms with Gasteiger partial charge >= 0.3 is 0 Å². The molecule has 1 heterocycles. The number of amides is 2. The van der Waals surface area contributed by atoms with E-state index in [1.54, 1.807) is 0 Å². The lowest BCUT2D eigenvalue weighted by Crippen LogP contribution is -2.56. The molecule has 0 fully saturated rings. The van der Waals surface area contributed by atoms with Crippen LogP contribution in [0.25, 0.3) is 10.9 Å². The van der Waals surface area contributed by atoms with Gasteiger partial charge in [-0.1, -0.05) is 6.07 Å². The summed E-state index contributed by atoms with van der Waals surface area (Å²) in [5.41, 5.74) is 3.48. The first-order valence-corrected chi connectivity index (χ1v) is 7.27. The first kappa shape index (κ1) is 14.7. The van der Waals surface area contributed by atoms with Crippen LogP contribution in [-0.2, 0) is 22.4 Å². The molecule has 0 saturated heterocycles. The Morgan fingerprint density at radius 1 is 1.27 bits per heavy atom. The number of hydrogen-bond donors (Lipinski definition) is 1. The van der Waals surface area contributed by atoms with Crippen LogP contribution in [0, 0.1) is 6.92 Å². The van der Waals surface area contributed by atoms with Crippen LogP contribution >= 0.6 is 0 Å². The summed E-state index contributed by atoms with van der Waals surface area (Å²) in [6.45, 7) is 1.97. The minimum Gasteiger partial charge on any atom is -0.297 e. The minimum absolute atomic E-state index is 0.253. The predicted molar refractivity (Wildman–Crippen MR) is 84.5 cm³/mol. The third kappa shape index (κ3) is 2.18. The smallest absolute Gasteiger partial charge is 0.247 e. The zero-order valence-electron chi connectivity index (χ0n) is 13.0. The number of hydrogen-bond acceptors (Lipinski definition) is 4. The normalized spacial score (nSPS) is 20.2. The van der Waals surface area contributed by atoms with Crippen LogP contribution in [0.4, 0.5) is 0 Å². The fourth-order valence-electron chi connectivity index (χ4n) is 3.25. The van der Waals surface area contributed by atoms with Crippen molar-refractivity contribution < 1.29 is 9.59 Å². The number of carbonyl (C=O) groups excluding carboxylic acids is 2. The molecule has 22 heavy (non-hydrogen) atoms. The van der Waals surface area contributed by atoms with Crippen LogP contribution in [0.1, 0.15) is 16.8 Å². The van der Waals surface area contributed by atoms with Crippen molar-refractivity contribution in [1.29, 1.82) is 0 Å². The van der Waals surface area contributed by atoms with Gasteiger partial charge < -0.3 is 0 Å². The molecule has 1 atom stereocenters. The largest absolute Gasteiger partial charge is 0.297 e. The minimum atomic E-state index is -0.713. The molecule has 3 rings (SSSR count). The van der Waals surface area contributed by atoms with E-state index in [4.69, 9.17) is 0 Å². The number of aromatic nitrogens is 1. The number of carbonyl (C=O) groups is 2. The zero-order chi connectivity index (χ0) is 15.9. The second kappa shape index (κ2) is 5.18. The fraction of sp³-hybridized carbons (Fsp3) is 0.353. The van der Waals surface area contributed by atoms with Crippen molar-refractivity contribution in [3.63, 3.8) is 0 Å². The van der Waals surface area contributed by atoms with E-state index >= 15 is 0 Å². The molecule has 0 bridgehead atoms. The van der Waals surface area contributed by atoms with E-state index in [1.807, 2.05) is 32.0 Å². The molecule has 0 saturated carbocycles. The second-order valence-corrected chi connectivity index (χ2v) is 6.14. The molecule has 1 N–H and O–H groups in total. The van der Waals surface area contributed by atoms with E-state index in [9.17, 15) is 9.59 Å². The van der Waals surface area contributed by atoms with Gasteiger partial charge in [0.15, 0.2) is 0 Å². The standard InChI is InChI=1S/C17H19N3O2/c1-11-4-5-12-6-13-8-17(20(2)3,16(22)18-10-21)9-14(13)7-15(12)19-11/h4-7,10H,8-9H2,1-3H3,(H,18,21,22). The number of fused-ring (bicyclic) bond motifs is 2. The molecule has 2 amide bonds. The SMILES string of the molecule is Cc1ccc2cc3c(cc2n1)CC(C(=O)NC=O)(N(C)C)C3. The van der Waals surface area contributed by atoms with Crippen LogP contribution in [-0.4, -0.2) is 41.8 Å². The number of aryl methyl sites for hydroxylation is 1. The van der Waals surface area contributed by atoms with Gasteiger partial charge in [0.2, 0.25) is 12.3 Å². The Morgan fingerprint density at radius 2 is 1.95 bits per heavy atom. The van der Waals surface area contributed by atoms with Gasteiger partial charge in [0.25, 0.3) is 0 Å². The summed E-state index contributed by atoms with van der Waals surface area (Å²) in [6, 6.07) is 8.22. The summed E-state index contributed by atoms with van der Waals surface area (Å²) in [6.07, 6.45) is 1.64. The number of nitrogens with one attached hydrogen (secondary N) is 1. The monoisotopic (exact) mass is 297 g/mol. The van der Waals surface area contributed by atoms with Gasteiger partial charge in [-0.3, -0.25) is 24.8 Å². The highest BCUT2D eigenvalue weighted by Crippen LogP contribution is 2.36. The summed E-state index contributed by atoms with van der Waals surface area (Å²) < 4.78 is 0. The van der Waals surface area contributed by atoms with Crippen LogP contribution in [0.3, 0.4) is 0 Å². The molecule has 1 aliphatic carbocycles. The summed E-state index contributed by atoms with van der Waals surface area (Å²) >= 11 is 0. The number of nitrogens with zero attached hydrogens (tertiary/aromatic N) is 2. The summed E-state index contributed by atoms with van der Waals surface area (Å²) in [5, 5.41) is 3.40. The van der Waals surface area contributed by atoms with E-state index in [2.05, 4.69) is 28.5 Å². The van der Waals surface area contributed by atoms with Gasteiger partial charge in [0, 0.05) is 23.9 Å². The highest BCUT2D eigenvalue weighted by molar-refractivity contribution is 5.95. The van der Waals surface area contributed by atoms with E-state index < -0.39 is 5.54 Å². The molecule has 0 radical (unpaired) electrons. The average molecular weight is 297 g/mol. The third-order valence-corrected chi connectivity index (χ3v) is 4.58. The van der Waals surface area contributed by atoms with Gasteiger partial charge in [0.05, 0.1) is 5.52 Å².